The summed E-state index contributed by atoms with van der Waals surface area (Å²) in [5.41, 5.74) is 4.94. The van der Waals surface area contributed by atoms with Gasteiger partial charge in [0.05, 0.1) is 0 Å². The Bertz CT molecular complexity index is 245. The maximum absolute atomic E-state index is 11.2. The van der Waals surface area contributed by atoms with Crippen LogP contribution in [0, 0.1) is 5.41 Å². The summed E-state index contributed by atoms with van der Waals surface area (Å²) in [5, 5.41) is 11.7. The van der Waals surface area contributed by atoms with Gasteiger partial charge >= 0.3 is 6.09 Å². The number of allylic oxidation sites excluding steroid dienone is 1. The van der Waals surface area contributed by atoms with E-state index in [-0.39, 0.29) is 0 Å². The second-order valence-corrected chi connectivity index (χ2v) is 3.82. The number of carbonyl (C=O) groups is 1. The van der Waals surface area contributed by atoms with Crippen molar-refractivity contribution in [2.24, 2.45) is 5.73 Å². The fourth-order valence-corrected chi connectivity index (χ4v) is 0.684. The van der Waals surface area contributed by atoms with Crippen molar-refractivity contribution in [3.63, 3.8) is 0 Å². The van der Waals surface area contributed by atoms with E-state index in [0.717, 1.165) is 6.21 Å². The van der Waals surface area contributed by atoms with Crippen molar-refractivity contribution in [2.75, 3.05) is 0 Å². The normalized spacial score (nSPS) is 13.3. The summed E-state index contributed by atoms with van der Waals surface area (Å²) in [6.07, 6.45) is 2.65. The first kappa shape index (κ1) is 13.4. The van der Waals surface area contributed by atoms with Gasteiger partial charge in [0.1, 0.15) is 5.60 Å². The molecule has 6 nitrogen and oxygen atoms in total. The van der Waals surface area contributed by atoms with Crippen molar-refractivity contribution in [1.82, 2.24) is 10.6 Å². The minimum absolute atomic E-state index is 0.547. The molecule has 0 radical (unpaired) electrons. The van der Waals surface area contributed by atoms with Gasteiger partial charge in [-0.3, -0.25) is 11.1 Å². The first-order chi connectivity index (χ1) is 6.85. The Kier molecular flexibility index (Phi) is 5.40. The molecule has 0 heterocycles. The zero-order valence-electron chi connectivity index (χ0n) is 9.20. The summed E-state index contributed by atoms with van der Waals surface area (Å²) in [7, 11) is 0. The average molecular weight is 214 g/mol. The van der Waals surface area contributed by atoms with Gasteiger partial charge in [0.25, 0.3) is 0 Å². The highest BCUT2D eigenvalue weighted by Gasteiger charge is 2.16. The molecule has 6 heteroatoms. The van der Waals surface area contributed by atoms with Crippen LogP contribution >= 0.6 is 0 Å². The predicted molar refractivity (Wildman–Crippen MR) is 58.4 cm³/mol. The molecule has 0 aliphatic rings. The van der Waals surface area contributed by atoms with Crippen LogP contribution in [0.15, 0.2) is 12.3 Å². The third-order valence-corrected chi connectivity index (χ3v) is 1.14. The molecule has 0 saturated heterocycles. The van der Waals surface area contributed by atoms with E-state index in [2.05, 4.69) is 10.6 Å². The molecular formula is C9H18N4O2. The Morgan fingerprint density at radius 2 is 2.13 bits per heavy atom. The van der Waals surface area contributed by atoms with Crippen LogP contribution in [0.1, 0.15) is 20.8 Å². The van der Waals surface area contributed by atoms with Crippen LogP contribution in [0.25, 0.3) is 0 Å². The fourth-order valence-electron chi connectivity index (χ4n) is 0.684. The first-order valence-corrected chi connectivity index (χ1v) is 4.52. The first-order valence-electron chi connectivity index (χ1n) is 4.52. The molecule has 0 aliphatic carbocycles. The lowest BCUT2D eigenvalue weighted by atomic mass is 10.2. The van der Waals surface area contributed by atoms with E-state index in [9.17, 15) is 4.79 Å². The van der Waals surface area contributed by atoms with Gasteiger partial charge in [0, 0.05) is 12.4 Å². The van der Waals surface area contributed by atoms with Gasteiger partial charge in [-0.05, 0) is 26.8 Å². The Balaban J connectivity index is 3.86. The summed E-state index contributed by atoms with van der Waals surface area (Å²) in [6.45, 7) is 5.29. The molecule has 15 heavy (non-hydrogen) atoms. The lowest BCUT2D eigenvalue weighted by molar-refractivity contribution is 0.0500. The van der Waals surface area contributed by atoms with Gasteiger partial charge in [0.15, 0.2) is 6.29 Å². The number of nitrogens with one attached hydrogen (secondary N) is 3. The molecule has 86 valence electrons. The minimum Gasteiger partial charge on any atom is -0.444 e. The number of hydrogen-bond donors (Lipinski definition) is 4. The molecule has 1 unspecified atom stereocenters. The molecule has 5 N–H and O–H groups in total. The Labute approximate surface area is 89.4 Å². The van der Waals surface area contributed by atoms with Crippen LogP contribution < -0.4 is 16.4 Å². The van der Waals surface area contributed by atoms with E-state index < -0.39 is 18.0 Å². The zero-order valence-corrected chi connectivity index (χ0v) is 9.20. The molecule has 0 aromatic heterocycles. The van der Waals surface area contributed by atoms with Crippen molar-refractivity contribution in [3.8, 4) is 0 Å². The van der Waals surface area contributed by atoms with Crippen molar-refractivity contribution in [1.29, 1.82) is 5.41 Å². The molecular weight excluding hydrogens is 196 g/mol. The van der Waals surface area contributed by atoms with E-state index in [1.807, 2.05) is 0 Å². The number of hydrogen-bond acceptors (Lipinski definition) is 5. The van der Waals surface area contributed by atoms with Gasteiger partial charge in [0.2, 0.25) is 0 Å². The van der Waals surface area contributed by atoms with Gasteiger partial charge < -0.3 is 15.5 Å². The van der Waals surface area contributed by atoms with Crippen molar-refractivity contribution >= 4 is 12.3 Å². The van der Waals surface area contributed by atoms with Crippen LogP contribution in [-0.2, 0) is 4.74 Å². The molecule has 1 amide bonds. The van der Waals surface area contributed by atoms with E-state index in [4.69, 9.17) is 15.9 Å². The topological polar surface area (TPSA) is 100 Å². The van der Waals surface area contributed by atoms with Crippen molar-refractivity contribution < 1.29 is 9.53 Å². The Morgan fingerprint density at radius 1 is 1.53 bits per heavy atom. The van der Waals surface area contributed by atoms with Gasteiger partial charge in [-0.1, -0.05) is 0 Å². The third kappa shape index (κ3) is 8.76. The molecule has 0 saturated carbocycles. The van der Waals surface area contributed by atoms with Crippen LogP contribution in [0.2, 0.25) is 0 Å². The monoisotopic (exact) mass is 214 g/mol. The van der Waals surface area contributed by atoms with Crippen LogP contribution in [0.3, 0.4) is 0 Å². The second kappa shape index (κ2) is 6.02. The van der Waals surface area contributed by atoms with Crippen LogP contribution in [0.4, 0.5) is 4.79 Å². The number of carbonyl (C=O) groups excluding carboxylic acids is 1. The summed E-state index contributed by atoms with van der Waals surface area (Å²) in [4.78, 5) is 11.2. The molecule has 1 atom stereocenters. The molecule has 0 fully saturated rings. The largest absolute Gasteiger partial charge is 0.444 e. The van der Waals surface area contributed by atoms with E-state index in [0.29, 0.717) is 0 Å². The van der Waals surface area contributed by atoms with E-state index >= 15 is 0 Å². The molecule has 0 aliphatic heterocycles. The lowest BCUT2D eigenvalue weighted by Crippen LogP contribution is -2.51. The van der Waals surface area contributed by atoms with Crippen molar-refractivity contribution in [3.05, 3.63) is 12.3 Å². The summed E-state index contributed by atoms with van der Waals surface area (Å²) < 4.78 is 4.98. The van der Waals surface area contributed by atoms with E-state index in [1.165, 1.54) is 12.3 Å². The van der Waals surface area contributed by atoms with Crippen LogP contribution in [-0.4, -0.2) is 24.2 Å². The highest BCUT2D eigenvalue weighted by molar-refractivity contribution is 5.68. The molecule has 0 spiro atoms. The number of amides is 1. The number of ether oxygens (including phenoxy) is 1. The Morgan fingerprint density at radius 3 is 2.60 bits per heavy atom. The minimum atomic E-state index is -0.740. The molecule has 0 aromatic rings. The van der Waals surface area contributed by atoms with Gasteiger partial charge in [-0.15, -0.1) is 0 Å². The zero-order chi connectivity index (χ0) is 11.9. The van der Waals surface area contributed by atoms with Gasteiger partial charge in [-0.2, -0.15) is 0 Å². The lowest BCUT2D eigenvalue weighted by Gasteiger charge is -2.21. The maximum atomic E-state index is 11.2. The second-order valence-electron chi connectivity index (χ2n) is 3.82. The smallest absolute Gasteiger partial charge is 0.410 e. The SMILES string of the molecule is CC(C)(C)OC(=O)NC(N)N/C=C\C=N. The average Bonchev–Trinajstić information content (AvgIpc) is 2.00. The maximum Gasteiger partial charge on any atom is 0.410 e. The van der Waals surface area contributed by atoms with Gasteiger partial charge in [-0.25, -0.2) is 4.79 Å². The summed E-state index contributed by atoms with van der Waals surface area (Å²) in [5.74, 6) is 0. The molecule has 0 aromatic carbocycles. The standard InChI is InChI=1S/C9H18N4O2/c1-9(2,3)15-8(14)13-7(11)12-6-4-5-10/h4-7,10,12H,11H2,1-3H3,(H,13,14)/b6-4-,10-5?. The van der Waals surface area contributed by atoms with E-state index in [1.54, 1.807) is 20.8 Å². The number of rotatable bonds is 4. The quantitative estimate of drug-likeness (QED) is 0.404. The highest BCUT2D eigenvalue weighted by atomic mass is 16.6. The fraction of sp³-hybridized carbons (Fsp3) is 0.556. The Hall–Kier alpha value is -1.56. The highest BCUT2D eigenvalue weighted by Crippen LogP contribution is 2.06. The number of alkyl carbamates (subject to hydrolysis) is 1. The third-order valence-electron chi connectivity index (χ3n) is 1.14. The van der Waals surface area contributed by atoms with Crippen molar-refractivity contribution in [2.45, 2.75) is 32.7 Å². The molecule has 0 rings (SSSR count). The van der Waals surface area contributed by atoms with Crippen LogP contribution in [0.5, 0.6) is 0 Å². The summed E-state index contributed by atoms with van der Waals surface area (Å²) >= 11 is 0. The predicted octanol–water partition coefficient (Wildman–Crippen LogP) is 0.506. The molecule has 0 bridgehead atoms. The summed E-state index contributed by atoms with van der Waals surface area (Å²) in [6, 6.07) is 0. The number of nitrogens with two attached hydrogens (primary N) is 1.